The highest BCUT2D eigenvalue weighted by Gasteiger charge is 2.18. The highest BCUT2D eigenvalue weighted by molar-refractivity contribution is 6.18. The van der Waals surface area contributed by atoms with Crippen LogP contribution < -0.4 is 0 Å². The fourth-order valence-corrected chi connectivity index (χ4v) is 6.29. The molecule has 0 saturated carbocycles. The number of nitrogens with zero attached hydrogens (tertiary/aromatic N) is 4. The molecule has 0 radical (unpaired) electrons. The van der Waals surface area contributed by atoms with Crippen LogP contribution in [0, 0.1) is 0 Å². The van der Waals surface area contributed by atoms with Crippen LogP contribution in [-0.2, 0) is 0 Å². The summed E-state index contributed by atoms with van der Waals surface area (Å²) in [6.45, 7) is 0. The number of fused-ring (bicyclic) bond motifs is 5. The predicted octanol–water partition coefficient (Wildman–Crippen LogP) is 10.1. The first-order chi connectivity index (χ1) is 22.3. The number of furan rings is 1. The Morgan fingerprint density at radius 1 is 0.422 bits per heavy atom. The van der Waals surface area contributed by atoms with E-state index in [1.54, 1.807) is 0 Å². The number of hydrogen-bond acceptors (Lipinski definition) is 5. The summed E-state index contributed by atoms with van der Waals surface area (Å²) < 4.78 is 6.38. The molecule has 210 valence electrons. The van der Waals surface area contributed by atoms with Gasteiger partial charge < -0.3 is 4.42 Å². The van der Waals surface area contributed by atoms with E-state index in [-0.39, 0.29) is 0 Å². The molecule has 0 bridgehead atoms. The van der Waals surface area contributed by atoms with Gasteiger partial charge in [0.1, 0.15) is 11.2 Å². The fraction of sp³-hybridized carbons (Fsp3) is 0. The molecule has 0 atom stereocenters. The van der Waals surface area contributed by atoms with Crippen molar-refractivity contribution in [2.45, 2.75) is 0 Å². The lowest BCUT2D eigenvalue weighted by Crippen LogP contribution is -2.00. The molecule has 5 heteroatoms. The van der Waals surface area contributed by atoms with Gasteiger partial charge in [-0.2, -0.15) is 0 Å². The lowest BCUT2D eigenvalue weighted by atomic mass is 9.92. The van der Waals surface area contributed by atoms with Crippen LogP contribution in [0.5, 0.6) is 0 Å². The van der Waals surface area contributed by atoms with Gasteiger partial charge in [-0.15, -0.1) is 0 Å². The Morgan fingerprint density at radius 3 is 1.78 bits per heavy atom. The van der Waals surface area contributed by atoms with E-state index in [0.717, 1.165) is 71.4 Å². The van der Waals surface area contributed by atoms with Gasteiger partial charge in [-0.05, 0) is 46.2 Å². The molecule has 0 spiro atoms. The van der Waals surface area contributed by atoms with Gasteiger partial charge in [-0.1, -0.05) is 115 Å². The molecule has 45 heavy (non-hydrogen) atoms. The van der Waals surface area contributed by atoms with Crippen molar-refractivity contribution in [3.63, 3.8) is 0 Å². The molecule has 0 unspecified atom stereocenters. The number of pyridine rings is 1. The van der Waals surface area contributed by atoms with Gasteiger partial charge in [0.25, 0.3) is 0 Å². The molecular formula is C40H24N4O. The number of aromatic nitrogens is 4. The summed E-state index contributed by atoms with van der Waals surface area (Å²) in [5.74, 6) is 1.92. The first kappa shape index (κ1) is 25.3. The van der Waals surface area contributed by atoms with E-state index >= 15 is 0 Å². The average molecular weight is 577 g/mol. The van der Waals surface area contributed by atoms with Crippen molar-refractivity contribution >= 4 is 43.6 Å². The Morgan fingerprint density at radius 2 is 1.04 bits per heavy atom. The Hall–Kier alpha value is -6.20. The third-order valence-corrected chi connectivity index (χ3v) is 8.37. The SMILES string of the molecule is c1ccc(-c2nc(-c3ccccc3)nc(-c3cccc4c(-c5cccc6oc7cc8cccnc8cc7c56)cccc34)n2)cc1. The largest absolute Gasteiger partial charge is 0.456 e. The Kier molecular flexibility index (Phi) is 5.74. The zero-order valence-corrected chi connectivity index (χ0v) is 24.1. The minimum atomic E-state index is 0.634. The molecule has 6 aromatic carbocycles. The third kappa shape index (κ3) is 4.25. The summed E-state index contributed by atoms with van der Waals surface area (Å²) in [6.07, 6.45) is 1.83. The number of hydrogen-bond donors (Lipinski definition) is 0. The van der Waals surface area contributed by atoms with Gasteiger partial charge in [-0.25, -0.2) is 15.0 Å². The van der Waals surface area contributed by atoms with Crippen molar-refractivity contribution in [1.82, 2.24) is 19.9 Å². The van der Waals surface area contributed by atoms with E-state index in [9.17, 15) is 0 Å². The second-order valence-electron chi connectivity index (χ2n) is 11.1. The van der Waals surface area contributed by atoms with Gasteiger partial charge in [-0.3, -0.25) is 4.98 Å². The molecule has 0 aliphatic carbocycles. The van der Waals surface area contributed by atoms with Crippen molar-refractivity contribution in [3.8, 4) is 45.3 Å². The maximum absolute atomic E-state index is 6.38. The van der Waals surface area contributed by atoms with Crippen LogP contribution in [0.25, 0.3) is 88.9 Å². The summed E-state index contributed by atoms with van der Waals surface area (Å²) in [5.41, 5.74) is 7.71. The predicted molar refractivity (Wildman–Crippen MR) is 182 cm³/mol. The van der Waals surface area contributed by atoms with Crippen LogP contribution in [0.15, 0.2) is 150 Å². The molecule has 3 heterocycles. The van der Waals surface area contributed by atoms with E-state index < -0.39 is 0 Å². The summed E-state index contributed by atoms with van der Waals surface area (Å²) in [7, 11) is 0. The molecule has 0 fully saturated rings. The molecule has 0 N–H and O–H groups in total. The lowest BCUT2D eigenvalue weighted by molar-refractivity contribution is 0.669. The molecule has 9 rings (SSSR count). The van der Waals surface area contributed by atoms with Crippen molar-refractivity contribution in [3.05, 3.63) is 146 Å². The Labute approximate surface area is 258 Å². The van der Waals surface area contributed by atoms with Crippen molar-refractivity contribution < 1.29 is 4.42 Å². The molecule has 0 amide bonds. The highest BCUT2D eigenvalue weighted by atomic mass is 16.3. The Bertz CT molecular complexity index is 2480. The monoisotopic (exact) mass is 576 g/mol. The topological polar surface area (TPSA) is 64.7 Å². The molecule has 0 aliphatic heterocycles. The summed E-state index contributed by atoms with van der Waals surface area (Å²) >= 11 is 0. The van der Waals surface area contributed by atoms with Crippen LogP contribution in [-0.4, -0.2) is 19.9 Å². The molecule has 5 nitrogen and oxygen atoms in total. The molecular weight excluding hydrogens is 552 g/mol. The summed E-state index contributed by atoms with van der Waals surface area (Å²) in [6, 6.07) is 47.4. The van der Waals surface area contributed by atoms with Gasteiger partial charge in [0.2, 0.25) is 0 Å². The van der Waals surface area contributed by atoms with Crippen molar-refractivity contribution in [1.29, 1.82) is 0 Å². The number of benzene rings is 6. The summed E-state index contributed by atoms with van der Waals surface area (Å²) in [5, 5.41) is 5.37. The standard InChI is InChI=1S/C40H24N4O/c1-3-11-25(12-4-1)38-42-39(26-13-5-2-6-14-26)44-40(43-38)32-20-8-16-28-29(17-7-18-30(28)32)31-19-9-21-35-37(31)33-24-34-27(15-10-22-41-34)23-36(33)45-35/h1-24H. The maximum atomic E-state index is 6.38. The first-order valence-electron chi connectivity index (χ1n) is 14.9. The highest BCUT2D eigenvalue weighted by Crippen LogP contribution is 2.41. The van der Waals surface area contributed by atoms with Crippen molar-refractivity contribution in [2.75, 3.05) is 0 Å². The quantitative estimate of drug-likeness (QED) is 0.209. The molecule has 0 aliphatic rings. The maximum Gasteiger partial charge on any atom is 0.164 e. The molecule has 0 saturated heterocycles. The van der Waals surface area contributed by atoms with E-state index in [2.05, 4.69) is 71.7 Å². The van der Waals surface area contributed by atoms with Gasteiger partial charge in [0.15, 0.2) is 17.5 Å². The van der Waals surface area contributed by atoms with Gasteiger partial charge in [0, 0.05) is 39.0 Å². The van der Waals surface area contributed by atoms with Crippen molar-refractivity contribution in [2.24, 2.45) is 0 Å². The van der Waals surface area contributed by atoms with E-state index in [1.165, 1.54) is 0 Å². The van der Waals surface area contributed by atoms with Crippen LogP contribution in [0.4, 0.5) is 0 Å². The van der Waals surface area contributed by atoms with E-state index in [0.29, 0.717) is 17.5 Å². The van der Waals surface area contributed by atoms with E-state index in [1.807, 2.05) is 79.0 Å². The summed E-state index contributed by atoms with van der Waals surface area (Å²) in [4.78, 5) is 19.5. The number of rotatable bonds is 4. The zero-order chi connectivity index (χ0) is 29.7. The molecule has 9 aromatic rings. The normalized spacial score (nSPS) is 11.6. The smallest absolute Gasteiger partial charge is 0.164 e. The van der Waals surface area contributed by atoms with E-state index in [4.69, 9.17) is 19.4 Å². The lowest BCUT2D eigenvalue weighted by Gasteiger charge is -2.13. The van der Waals surface area contributed by atoms with Crippen LogP contribution >= 0.6 is 0 Å². The van der Waals surface area contributed by atoms with Gasteiger partial charge >= 0.3 is 0 Å². The Balaban J connectivity index is 1.28. The average Bonchev–Trinajstić information content (AvgIpc) is 3.48. The van der Waals surface area contributed by atoms with Crippen LogP contribution in [0.1, 0.15) is 0 Å². The minimum absolute atomic E-state index is 0.634. The minimum Gasteiger partial charge on any atom is -0.456 e. The van der Waals surface area contributed by atoms with Crippen LogP contribution in [0.3, 0.4) is 0 Å². The molecule has 3 aromatic heterocycles. The second kappa shape index (κ2) is 10.2. The second-order valence-corrected chi connectivity index (χ2v) is 11.1. The first-order valence-corrected chi connectivity index (χ1v) is 14.9. The fourth-order valence-electron chi connectivity index (χ4n) is 6.29. The zero-order valence-electron chi connectivity index (χ0n) is 24.1. The van der Waals surface area contributed by atoms with Gasteiger partial charge in [0.05, 0.1) is 5.52 Å². The third-order valence-electron chi connectivity index (χ3n) is 8.37. The van der Waals surface area contributed by atoms with Crippen LogP contribution in [0.2, 0.25) is 0 Å².